The summed E-state index contributed by atoms with van der Waals surface area (Å²) >= 11 is 0. The molecule has 1 fully saturated rings. The van der Waals surface area contributed by atoms with E-state index in [1.165, 1.54) is 12.0 Å². The zero-order valence-corrected chi connectivity index (χ0v) is 17.2. The van der Waals surface area contributed by atoms with E-state index in [0.29, 0.717) is 13.1 Å². The molecule has 2 rings (SSSR count). The van der Waals surface area contributed by atoms with Crippen molar-refractivity contribution >= 4 is 18.2 Å². The molecule has 1 aliphatic heterocycles. The monoisotopic (exact) mass is 408 g/mol. The van der Waals surface area contributed by atoms with E-state index in [1.54, 1.807) is 32.9 Å². The van der Waals surface area contributed by atoms with Gasteiger partial charge in [0.25, 0.3) is 0 Å². The van der Waals surface area contributed by atoms with Gasteiger partial charge in [0.15, 0.2) is 6.04 Å². The molecule has 0 unspecified atom stereocenters. The van der Waals surface area contributed by atoms with E-state index < -0.39 is 35.7 Å². The SMILES string of the molecule is COC(=O)[C@@H](NC(=O)OCc1ccccc1)[C@@H](OOC(=O)N1CCC1)C(C)(C)C. The lowest BCUT2D eigenvalue weighted by molar-refractivity contribution is -0.304. The molecule has 1 aliphatic rings. The normalized spacial score (nSPS) is 15.5. The molecule has 0 aromatic heterocycles. The highest BCUT2D eigenvalue weighted by Crippen LogP contribution is 2.27. The van der Waals surface area contributed by atoms with Crippen LogP contribution in [0.3, 0.4) is 0 Å². The molecular weight excluding hydrogens is 380 g/mol. The van der Waals surface area contributed by atoms with Crippen LogP contribution in [0.2, 0.25) is 0 Å². The van der Waals surface area contributed by atoms with Gasteiger partial charge in [0, 0.05) is 13.1 Å². The summed E-state index contributed by atoms with van der Waals surface area (Å²) in [5, 5.41) is 2.46. The zero-order valence-electron chi connectivity index (χ0n) is 17.2. The summed E-state index contributed by atoms with van der Waals surface area (Å²) in [4.78, 5) is 48.2. The van der Waals surface area contributed by atoms with Crippen molar-refractivity contribution in [3.63, 3.8) is 0 Å². The molecule has 9 heteroatoms. The molecule has 1 aromatic carbocycles. The van der Waals surface area contributed by atoms with Crippen molar-refractivity contribution < 1.29 is 33.6 Å². The van der Waals surface area contributed by atoms with Crippen molar-refractivity contribution in [2.24, 2.45) is 5.41 Å². The highest BCUT2D eigenvalue weighted by molar-refractivity contribution is 5.82. The number of rotatable bonds is 7. The number of hydrogen-bond acceptors (Lipinski definition) is 7. The molecular formula is C20H28N2O7. The number of likely N-dealkylation sites (tertiary alicyclic amines) is 1. The van der Waals surface area contributed by atoms with Crippen LogP contribution in [0, 0.1) is 5.41 Å². The Morgan fingerprint density at radius 3 is 2.31 bits per heavy atom. The fraction of sp³-hybridized carbons (Fsp3) is 0.550. The van der Waals surface area contributed by atoms with Crippen LogP contribution in [-0.2, 0) is 30.7 Å². The minimum absolute atomic E-state index is 0.0333. The van der Waals surface area contributed by atoms with E-state index in [2.05, 4.69) is 5.32 Å². The maximum atomic E-state index is 12.3. The molecule has 2 atom stereocenters. The molecule has 1 aromatic rings. The maximum absolute atomic E-state index is 12.3. The quantitative estimate of drug-likeness (QED) is 0.420. The maximum Gasteiger partial charge on any atom is 0.441 e. The van der Waals surface area contributed by atoms with Crippen LogP contribution in [0.25, 0.3) is 0 Å². The molecule has 0 aliphatic carbocycles. The number of carbonyl (C=O) groups excluding carboxylic acids is 3. The van der Waals surface area contributed by atoms with Crippen LogP contribution < -0.4 is 5.32 Å². The number of ether oxygens (including phenoxy) is 2. The van der Waals surface area contributed by atoms with Crippen LogP contribution in [0.1, 0.15) is 32.8 Å². The molecule has 1 heterocycles. The van der Waals surface area contributed by atoms with E-state index in [0.717, 1.165) is 12.0 Å². The molecule has 0 saturated carbocycles. The fourth-order valence-corrected chi connectivity index (χ4v) is 2.62. The third-order valence-electron chi connectivity index (χ3n) is 4.43. The summed E-state index contributed by atoms with van der Waals surface area (Å²) < 4.78 is 9.98. The molecule has 0 radical (unpaired) electrons. The fourth-order valence-electron chi connectivity index (χ4n) is 2.62. The highest BCUT2D eigenvalue weighted by atomic mass is 17.2. The molecule has 1 N–H and O–H groups in total. The Bertz CT molecular complexity index is 699. The van der Waals surface area contributed by atoms with Crippen LogP contribution in [0.15, 0.2) is 30.3 Å². The van der Waals surface area contributed by atoms with E-state index in [-0.39, 0.29) is 6.61 Å². The minimum Gasteiger partial charge on any atom is -0.467 e. The van der Waals surface area contributed by atoms with Gasteiger partial charge in [-0.3, -0.25) is 4.89 Å². The minimum atomic E-state index is -1.24. The summed E-state index contributed by atoms with van der Waals surface area (Å²) in [6, 6.07) is 7.87. The number of carbonyl (C=O) groups is 3. The number of methoxy groups -OCH3 is 1. The van der Waals surface area contributed by atoms with Gasteiger partial charge in [-0.1, -0.05) is 51.1 Å². The second-order valence-electron chi connectivity index (χ2n) is 7.78. The molecule has 0 bridgehead atoms. The molecule has 160 valence electrons. The Morgan fingerprint density at radius 1 is 1.14 bits per heavy atom. The smallest absolute Gasteiger partial charge is 0.441 e. The third-order valence-corrected chi connectivity index (χ3v) is 4.43. The number of benzene rings is 1. The van der Waals surface area contributed by atoms with E-state index >= 15 is 0 Å². The van der Waals surface area contributed by atoms with Crippen LogP contribution >= 0.6 is 0 Å². The lowest BCUT2D eigenvalue weighted by atomic mass is 9.84. The summed E-state index contributed by atoms with van der Waals surface area (Å²) in [6.07, 6.45) is -1.57. The second kappa shape index (κ2) is 10.1. The Morgan fingerprint density at radius 2 is 1.79 bits per heavy atom. The number of amides is 2. The van der Waals surface area contributed by atoms with Gasteiger partial charge in [-0.15, -0.1) is 0 Å². The Hall–Kier alpha value is -2.81. The van der Waals surface area contributed by atoms with Crippen LogP contribution in [-0.4, -0.2) is 55.4 Å². The van der Waals surface area contributed by atoms with Crippen molar-refractivity contribution in [1.82, 2.24) is 10.2 Å². The zero-order chi connectivity index (χ0) is 21.4. The lowest BCUT2D eigenvalue weighted by Gasteiger charge is -2.35. The third kappa shape index (κ3) is 6.63. The number of hydrogen-bond donors (Lipinski definition) is 1. The van der Waals surface area contributed by atoms with Crippen molar-refractivity contribution in [1.29, 1.82) is 0 Å². The first-order chi connectivity index (χ1) is 13.7. The van der Waals surface area contributed by atoms with Crippen molar-refractivity contribution in [2.75, 3.05) is 20.2 Å². The Kier molecular flexibility index (Phi) is 7.83. The average Bonchev–Trinajstić information content (AvgIpc) is 2.63. The Labute approximate surface area is 170 Å². The molecule has 29 heavy (non-hydrogen) atoms. The van der Waals surface area contributed by atoms with Gasteiger partial charge in [-0.05, 0) is 17.4 Å². The van der Waals surface area contributed by atoms with E-state index in [4.69, 9.17) is 19.2 Å². The first-order valence-electron chi connectivity index (χ1n) is 9.39. The van der Waals surface area contributed by atoms with Gasteiger partial charge in [-0.25, -0.2) is 14.4 Å². The van der Waals surface area contributed by atoms with Gasteiger partial charge < -0.3 is 19.7 Å². The van der Waals surface area contributed by atoms with Crippen molar-refractivity contribution in [2.45, 2.75) is 45.9 Å². The molecule has 2 amide bonds. The van der Waals surface area contributed by atoms with Gasteiger partial charge >= 0.3 is 18.2 Å². The summed E-state index contributed by atoms with van der Waals surface area (Å²) in [5.74, 6) is -0.749. The van der Waals surface area contributed by atoms with Gasteiger partial charge in [-0.2, -0.15) is 4.89 Å². The van der Waals surface area contributed by atoms with Crippen molar-refractivity contribution in [3.8, 4) is 0 Å². The molecule has 9 nitrogen and oxygen atoms in total. The first-order valence-corrected chi connectivity index (χ1v) is 9.39. The average molecular weight is 408 g/mol. The molecule has 1 saturated heterocycles. The highest BCUT2D eigenvalue weighted by Gasteiger charge is 2.42. The van der Waals surface area contributed by atoms with E-state index in [1.807, 2.05) is 18.2 Å². The van der Waals surface area contributed by atoms with Gasteiger partial charge in [0.2, 0.25) is 0 Å². The largest absolute Gasteiger partial charge is 0.467 e. The Balaban J connectivity index is 2.03. The van der Waals surface area contributed by atoms with Crippen LogP contribution in [0.5, 0.6) is 0 Å². The first kappa shape index (κ1) is 22.5. The number of nitrogens with one attached hydrogen (secondary N) is 1. The second-order valence-corrected chi connectivity index (χ2v) is 7.78. The van der Waals surface area contributed by atoms with Crippen molar-refractivity contribution in [3.05, 3.63) is 35.9 Å². The van der Waals surface area contributed by atoms with E-state index in [9.17, 15) is 14.4 Å². The predicted octanol–water partition coefficient (Wildman–Crippen LogP) is 2.64. The number of nitrogens with zero attached hydrogens (tertiary/aromatic N) is 1. The number of alkyl carbamates (subject to hydrolysis) is 1. The van der Waals surface area contributed by atoms with Gasteiger partial charge in [0.1, 0.15) is 12.7 Å². The summed E-state index contributed by atoms with van der Waals surface area (Å²) in [6.45, 7) is 6.55. The summed E-state index contributed by atoms with van der Waals surface area (Å²) in [5.41, 5.74) is 0.116. The lowest BCUT2D eigenvalue weighted by Crippen LogP contribution is -2.55. The standard InChI is InChI=1S/C20H28N2O7/c1-20(2,3)16(28-29-19(25)22-11-8-12-22)15(17(23)26-4)21-18(24)27-13-14-9-6-5-7-10-14/h5-7,9-10,15-16H,8,11-13H2,1-4H3,(H,21,24)/t15-,16+/m0/s1. The predicted molar refractivity (Wildman–Crippen MR) is 103 cm³/mol. The topological polar surface area (TPSA) is 103 Å². The van der Waals surface area contributed by atoms with Crippen LogP contribution in [0.4, 0.5) is 9.59 Å². The summed E-state index contributed by atoms with van der Waals surface area (Å²) in [7, 11) is 1.19. The molecule has 0 spiro atoms. The number of esters is 1. The van der Waals surface area contributed by atoms with Gasteiger partial charge in [0.05, 0.1) is 7.11 Å².